The zero-order chi connectivity index (χ0) is 14.7. The van der Waals surface area contributed by atoms with Gasteiger partial charge in [-0.2, -0.15) is 5.26 Å². The maximum Gasteiger partial charge on any atom is 0.166 e. The normalized spacial score (nSPS) is 11.8. The monoisotopic (exact) mass is 274 g/mol. The minimum atomic E-state index is -0.711. The largest absolute Gasteiger partial charge is 0.453 e. The third-order valence-corrected chi connectivity index (χ3v) is 2.79. The van der Waals surface area contributed by atoms with Crippen molar-refractivity contribution in [3.8, 4) is 17.6 Å². The van der Waals surface area contributed by atoms with Crippen molar-refractivity contribution in [1.29, 1.82) is 5.26 Å². The van der Waals surface area contributed by atoms with Crippen molar-refractivity contribution in [3.05, 3.63) is 59.2 Å². The second-order valence-corrected chi connectivity index (χ2v) is 4.31. The maximum absolute atomic E-state index is 13.9. The van der Waals surface area contributed by atoms with E-state index in [2.05, 4.69) is 0 Å². The van der Waals surface area contributed by atoms with Gasteiger partial charge in [-0.05, 0) is 36.8 Å². The van der Waals surface area contributed by atoms with Crippen molar-refractivity contribution in [2.75, 3.05) is 0 Å². The smallest absolute Gasteiger partial charge is 0.166 e. The number of halogens is 2. The molecular formula is C15H12F2N2O. The van der Waals surface area contributed by atoms with Crippen molar-refractivity contribution >= 4 is 0 Å². The van der Waals surface area contributed by atoms with Gasteiger partial charge in [0.25, 0.3) is 0 Å². The van der Waals surface area contributed by atoms with Gasteiger partial charge < -0.3 is 10.5 Å². The molecule has 0 unspecified atom stereocenters. The Kier molecular flexibility index (Phi) is 3.97. The summed E-state index contributed by atoms with van der Waals surface area (Å²) in [6.45, 7) is 1.73. The lowest BCUT2D eigenvalue weighted by Gasteiger charge is -2.11. The molecule has 0 spiro atoms. The van der Waals surface area contributed by atoms with E-state index in [9.17, 15) is 8.78 Å². The summed E-state index contributed by atoms with van der Waals surface area (Å²) in [5, 5.41) is 8.88. The number of nitrogens with zero attached hydrogens (tertiary/aromatic N) is 1. The van der Waals surface area contributed by atoms with Crippen LogP contribution in [0.5, 0.6) is 11.5 Å². The summed E-state index contributed by atoms with van der Waals surface area (Å²) in [5.41, 5.74) is 6.01. The van der Waals surface area contributed by atoms with Gasteiger partial charge in [0.2, 0.25) is 0 Å². The van der Waals surface area contributed by atoms with Crippen LogP contribution in [-0.4, -0.2) is 0 Å². The molecule has 0 bridgehead atoms. The van der Waals surface area contributed by atoms with Crippen LogP contribution in [0.4, 0.5) is 8.78 Å². The highest BCUT2D eigenvalue weighted by molar-refractivity contribution is 5.46. The van der Waals surface area contributed by atoms with Gasteiger partial charge >= 0.3 is 0 Å². The minimum absolute atomic E-state index is 0.0278. The quantitative estimate of drug-likeness (QED) is 0.929. The molecule has 20 heavy (non-hydrogen) atoms. The third kappa shape index (κ3) is 2.76. The predicted octanol–water partition coefficient (Wildman–Crippen LogP) is 3.65. The lowest BCUT2D eigenvalue weighted by Crippen LogP contribution is -2.05. The molecule has 0 fully saturated rings. The van der Waals surface area contributed by atoms with Crippen LogP contribution in [0.2, 0.25) is 0 Å². The van der Waals surface area contributed by atoms with E-state index < -0.39 is 11.6 Å². The van der Waals surface area contributed by atoms with Crippen molar-refractivity contribution in [3.63, 3.8) is 0 Å². The first-order valence-corrected chi connectivity index (χ1v) is 5.94. The fourth-order valence-corrected chi connectivity index (χ4v) is 1.70. The summed E-state index contributed by atoms with van der Waals surface area (Å²) >= 11 is 0. The van der Waals surface area contributed by atoms with Crippen LogP contribution in [0.25, 0.3) is 0 Å². The molecule has 102 valence electrons. The molecule has 0 aliphatic rings. The Bertz CT molecular complexity index is 678. The molecule has 0 heterocycles. The maximum atomic E-state index is 13.9. The summed E-state index contributed by atoms with van der Waals surface area (Å²) in [6, 6.07) is 9.60. The molecule has 0 aromatic heterocycles. The van der Waals surface area contributed by atoms with Gasteiger partial charge in [-0.25, -0.2) is 8.78 Å². The minimum Gasteiger partial charge on any atom is -0.453 e. The Morgan fingerprint density at radius 3 is 2.50 bits per heavy atom. The highest BCUT2D eigenvalue weighted by atomic mass is 19.1. The summed E-state index contributed by atoms with van der Waals surface area (Å²) in [4.78, 5) is 0. The number of hydrogen-bond acceptors (Lipinski definition) is 3. The topological polar surface area (TPSA) is 59.0 Å². The summed E-state index contributed by atoms with van der Waals surface area (Å²) in [6.07, 6.45) is 0. The standard InChI is InChI=1S/C15H12F2N2O/c1-9(19)10-5-6-15(13(17)7-10)20-14-4-2-3-12(16)11(14)8-18/h2-7,9H,19H2,1H3/t9-/m1/s1. The summed E-state index contributed by atoms with van der Waals surface area (Å²) < 4.78 is 32.6. The first-order valence-electron chi connectivity index (χ1n) is 5.94. The summed E-state index contributed by atoms with van der Waals surface area (Å²) in [5.74, 6) is -1.44. The number of rotatable bonds is 3. The average molecular weight is 274 g/mol. The molecule has 0 amide bonds. The van der Waals surface area contributed by atoms with E-state index in [1.807, 2.05) is 0 Å². The van der Waals surface area contributed by atoms with Crippen LogP contribution in [0.3, 0.4) is 0 Å². The van der Waals surface area contributed by atoms with E-state index in [4.69, 9.17) is 15.7 Å². The zero-order valence-electron chi connectivity index (χ0n) is 10.7. The first kappa shape index (κ1) is 14.0. The number of nitriles is 1. The number of benzene rings is 2. The van der Waals surface area contributed by atoms with Crippen molar-refractivity contribution in [2.45, 2.75) is 13.0 Å². The van der Waals surface area contributed by atoms with Crippen LogP contribution in [0.15, 0.2) is 36.4 Å². The van der Waals surface area contributed by atoms with Crippen molar-refractivity contribution < 1.29 is 13.5 Å². The summed E-state index contributed by atoms with van der Waals surface area (Å²) in [7, 11) is 0. The van der Waals surface area contributed by atoms with Crippen LogP contribution in [-0.2, 0) is 0 Å². The van der Waals surface area contributed by atoms with Gasteiger partial charge in [0.05, 0.1) is 0 Å². The van der Waals surface area contributed by atoms with Crippen molar-refractivity contribution in [2.24, 2.45) is 5.73 Å². The van der Waals surface area contributed by atoms with Gasteiger partial charge in [0, 0.05) is 6.04 Å². The second kappa shape index (κ2) is 5.68. The fourth-order valence-electron chi connectivity index (χ4n) is 1.70. The van der Waals surface area contributed by atoms with Gasteiger partial charge in [-0.1, -0.05) is 12.1 Å². The van der Waals surface area contributed by atoms with Gasteiger partial charge in [-0.3, -0.25) is 0 Å². The van der Waals surface area contributed by atoms with E-state index in [1.165, 1.54) is 24.3 Å². The molecule has 2 N–H and O–H groups in total. The number of ether oxygens (including phenoxy) is 1. The van der Waals surface area contributed by atoms with Crippen LogP contribution < -0.4 is 10.5 Å². The predicted molar refractivity (Wildman–Crippen MR) is 70.2 cm³/mol. The van der Waals surface area contributed by atoms with Gasteiger partial charge in [0.15, 0.2) is 11.6 Å². The van der Waals surface area contributed by atoms with E-state index in [1.54, 1.807) is 19.1 Å². The molecule has 0 radical (unpaired) electrons. The molecule has 2 aromatic rings. The van der Waals surface area contributed by atoms with E-state index >= 15 is 0 Å². The molecule has 1 atom stereocenters. The Hall–Kier alpha value is -2.45. The molecule has 2 aromatic carbocycles. The Morgan fingerprint density at radius 1 is 1.15 bits per heavy atom. The fraction of sp³-hybridized carbons (Fsp3) is 0.133. The molecule has 0 saturated carbocycles. The Labute approximate surface area is 115 Å². The van der Waals surface area contributed by atoms with Gasteiger partial charge in [-0.15, -0.1) is 0 Å². The lowest BCUT2D eigenvalue weighted by atomic mass is 10.1. The lowest BCUT2D eigenvalue weighted by molar-refractivity contribution is 0.436. The van der Waals surface area contributed by atoms with E-state index in [0.717, 1.165) is 6.07 Å². The molecular weight excluding hydrogens is 262 g/mol. The molecule has 0 saturated heterocycles. The number of hydrogen-bond donors (Lipinski definition) is 1. The first-order chi connectivity index (χ1) is 9.52. The molecule has 3 nitrogen and oxygen atoms in total. The second-order valence-electron chi connectivity index (χ2n) is 4.31. The van der Waals surface area contributed by atoms with Crippen LogP contribution >= 0.6 is 0 Å². The third-order valence-electron chi connectivity index (χ3n) is 2.79. The highest BCUT2D eigenvalue weighted by Gasteiger charge is 2.13. The van der Waals surface area contributed by atoms with E-state index in [0.29, 0.717) is 5.56 Å². The molecule has 0 aliphatic heterocycles. The highest BCUT2D eigenvalue weighted by Crippen LogP contribution is 2.29. The van der Waals surface area contributed by atoms with Gasteiger partial charge in [0.1, 0.15) is 23.2 Å². The zero-order valence-corrected chi connectivity index (χ0v) is 10.7. The number of nitrogens with two attached hydrogens (primary N) is 1. The SMILES string of the molecule is C[C@@H](N)c1ccc(Oc2cccc(F)c2C#N)c(F)c1. The Balaban J connectivity index is 2.36. The Morgan fingerprint density at radius 2 is 1.90 bits per heavy atom. The van der Waals surface area contributed by atoms with E-state index in [-0.39, 0.29) is 23.1 Å². The average Bonchev–Trinajstić information content (AvgIpc) is 2.41. The van der Waals surface area contributed by atoms with Crippen LogP contribution in [0.1, 0.15) is 24.1 Å². The van der Waals surface area contributed by atoms with Crippen LogP contribution in [0, 0.1) is 23.0 Å². The molecule has 0 aliphatic carbocycles. The molecule has 5 heteroatoms. The van der Waals surface area contributed by atoms with Crippen molar-refractivity contribution in [1.82, 2.24) is 0 Å². The molecule has 2 rings (SSSR count).